The molecule has 1 aliphatic carbocycles. The number of hydrogen-bond donors (Lipinski definition) is 0. The molecule has 1 aromatic heterocycles. The van der Waals surface area contributed by atoms with Gasteiger partial charge in [0.15, 0.2) is 0 Å². The summed E-state index contributed by atoms with van der Waals surface area (Å²) in [7, 11) is 0. The Morgan fingerprint density at radius 3 is 2.52 bits per heavy atom. The average Bonchev–Trinajstić information content (AvgIpc) is 3.52. The molecular weight excluding hydrogens is 414 g/mol. The van der Waals surface area contributed by atoms with Gasteiger partial charge in [-0.2, -0.15) is 0 Å². The second-order valence-electron chi connectivity index (χ2n) is 9.73. The molecule has 5 rings (SSSR count). The molecule has 3 heterocycles. The van der Waals surface area contributed by atoms with Crippen molar-refractivity contribution < 1.29 is 14.3 Å². The van der Waals surface area contributed by atoms with E-state index in [1.165, 1.54) is 12.8 Å². The van der Waals surface area contributed by atoms with Crippen LogP contribution in [0.4, 0.5) is 0 Å². The quantitative estimate of drug-likeness (QED) is 0.576. The third-order valence-corrected chi connectivity index (χ3v) is 6.96. The van der Waals surface area contributed by atoms with Gasteiger partial charge in [0.25, 0.3) is 5.91 Å². The SMILES string of the molecule is O=C(c1ccc(OC2CCN(Cc3ccccn3)CC2)cc1)N(CC1CC1)C[C@H]1CCCO1. The minimum absolute atomic E-state index is 0.117. The van der Waals surface area contributed by atoms with Crippen LogP contribution in [0.2, 0.25) is 0 Å². The number of likely N-dealkylation sites (tertiary alicyclic amines) is 1. The number of carbonyl (C=O) groups is 1. The molecule has 0 spiro atoms. The van der Waals surface area contributed by atoms with Crippen LogP contribution in [0, 0.1) is 5.92 Å². The van der Waals surface area contributed by atoms with Crippen molar-refractivity contribution in [1.82, 2.24) is 14.8 Å². The van der Waals surface area contributed by atoms with E-state index in [4.69, 9.17) is 9.47 Å². The molecule has 2 aliphatic heterocycles. The molecule has 0 unspecified atom stereocenters. The van der Waals surface area contributed by atoms with Gasteiger partial charge in [0.1, 0.15) is 11.9 Å². The van der Waals surface area contributed by atoms with Crippen LogP contribution in [-0.2, 0) is 11.3 Å². The molecular formula is C27H35N3O3. The molecule has 0 bridgehead atoms. The first-order valence-electron chi connectivity index (χ1n) is 12.5. The van der Waals surface area contributed by atoms with E-state index in [1.54, 1.807) is 0 Å². The summed E-state index contributed by atoms with van der Waals surface area (Å²) < 4.78 is 12.0. The zero-order valence-electron chi connectivity index (χ0n) is 19.4. The maximum Gasteiger partial charge on any atom is 0.253 e. The average molecular weight is 450 g/mol. The van der Waals surface area contributed by atoms with E-state index in [9.17, 15) is 4.79 Å². The summed E-state index contributed by atoms with van der Waals surface area (Å²) in [5.41, 5.74) is 1.86. The molecule has 1 amide bonds. The molecule has 1 aromatic carbocycles. The van der Waals surface area contributed by atoms with Crippen molar-refractivity contribution in [3.05, 3.63) is 59.9 Å². The van der Waals surface area contributed by atoms with Gasteiger partial charge in [0.2, 0.25) is 0 Å². The molecule has 1 saturated carbocycles. The lowest BCUT2D eigenvalue weighted by molar-refractivity contribution is 0.0515. The van der Waals surface area contributed by atoms with Gasteiger partial charge in [-0.1, -0.05) is 6.07 Å². The maximum absolute atomic E-state index is 13.2. The molecule has 6 heteroatoms. The third-order valence-electron chi connectivity index (χ3n) is 6.96. The number of rotatable bonds is 9. The van der Waals surface area contributed by atoms with E-state index in [0.717, 1.165) is 75.5 Å². The zero-order valence-corrected chi connectivity index (χ0v) is 19.4. The van der Waals surface area contributed by atoms with Gasteiger partial charge in [-0.3, -0.25) is 14.7 Å². The standard InChI is InChI=1S/C27H35N3O3/c31-27(30(18-21-6-7-21)20-26-5-3-17-32-26)22-8-10-24(11-9-22)33-25-12-15-29(16-13-25)19-23-4-1-2-14-28-23/h1-2,4,8-11,14,21,25-26H,3,5-7,12-13,15-20H2/t26-/m1/s1. The Bertz CT molecular complexity index is 887. The largest absolute Gasteiger partial charge is 0.490 e. The van der Waals surface area contributed by atoms with Crippen molar-refractivity contribution >= 4 is 5.91 Å². The molecule has 0 N–H and O–H groups in total. The topological polar surface area (TPSA) is 54.9 Å². The minimum Gasteiger partial charge on any atom is -0.490 e. The molecule has 6 nitrogen and oxygen atoms in total. The number of hydrogen-bond acceptors (Lipinski definition) is 5. The number of aromatic nitrogens is 1. The fraction of sp³-hybridized carbons (Fsp3) is 0.556. The van der Waals surface area contributed by atoms with E-state index in [-0.39, 0.29) is 18.1 Å². The monoisotopic (exact) mass is 449 g/mol. The van der Waals surface area contributed by atoms with Crippen LogP contribution in [-0.4, -0.2) is 65.7 Å². The number of amides is 1. The van der Waals surface area contributed by atoms with Crippen molar-refractivity contribution in [2.45, 2.75) is 57.3 Å². The summed E-state index contributed by atoms with van der Waals surface area (Å²) in [6, 6.07) is 13.8. The number of benzene rings is 1. The number of ether oxygens (including phenoxy) is 2. The maximum atomic E-state index is 13.2. The Hall–Kier alpha value is -2.44. The second-order valence-corrected chi connectivity index (χ2v) is 9.73. The van der Waals surface area contributed by atoms with Crippen LogP contribution in [0.5, 0.6) is 5.75 Å². The molecule has 3 fully saturated rings. The highest BCUT2D eigenvalue weighted by atomic mass is 16.5. The highest BCUT2D eigenvalue weighted by Crippen LogP contribution is 2.31. The number of piperidine rings is 1. The molecule has 1 atom stereocenters. The van der Waals surface area contributed by atoms with Crippen molar-refractivity contribution in [3.8, 4) is 5.75 Å². The Balaban J connectivity index is 1.12. The predicted molar refractivity (Wildman–Crippen MR) is 127 cm³/mol. The van der Waals surface area contributed by atoms with Crippen LogP contribution in [0.3, 0.4) is 0 Å². The molecule has 2 aromatic rings. The van der Waals surface area contributed by atoms with Gasteiger partial charge < -0.3 is 14.4 Å². The second kappa shape index (κ2) is 10.7. The van der Waals surface area contributed by atoms with Gasteiger partial charge in [-0.15, -0.1) is 0 Å². The van der Waals surface area contributed by atoms with Crippen LogP contribution in [0.15, 0.2) is 48.7 Å². The number of nitrogens with zero attached hydrogens (tertiary/aromatic N) is 3. The molecule has 2 saturated heterocycles. The summed E-state index contributed by atoms with van der Waals surface area (Å²) in [5, 5.41) is 0. The van der Waals surface area contributed by atoms with Gasteiger partial charge >= 0.3 is 0 Å². The van der Waals surface area contributed by atoms with Crippen LogP contribution >= 0.6 is 0 Å². The van der Waals surface area contributed by atoms with E-state index < -0.39 is 0 Å². The first-order chi connectivity index (χ1) is 16.2. The molecule has 33 heavy (non-hydrogen) atoms. The highest BCUT2D eigenvalue weighted by Gasteiger charge is 2.30. The summed E-state index contributed by atoms with van der Waals surface area (Å²) in [6.07, 6.45) is 8.91. The lowest BCUT2D eigenvalue weighted by Gasteiger charge is -2.32. The lowest BCUT2D eigenvalue weighted by Crippen LogP contribution is -2.39. The van der Waals surface area contributed by atoms with Crippen molar-refractivity contribution in [2.24, 2.45) is 5.92 Å². The first-order valence-corrected chi connectivity index (χ1v) is 12.5. The van der Waals surface area contributed by atoms with Crippen molar-refractivity contribution in [1.29, 1.82) is 0 Å². The van der Waals surface area contributed by atoms with Crippen molar-refractivity contribution in [2.75, 3.05) is 32.8 Å². The summed E-state index contributed by atoms with van der Waals surface area (Å²) >= 11 is 0. The number of pyridine rings is 1. The van der Waals surface area contributed by atoms with Gasteiger partial charge in [-0.25, -0.2) is 0 Å². The normalized spacial score (nSPS) is 21.8. The first kappa shape index (κ1) is 22.4. The van der Waals surface area contributed by atoms with E-state index >= 15 is 0 Å². The summed E-state index contributed by atoms with van der Waals surface area (Å²) in [6.45, 7) is 5.31. The summed E-state index contributed by atoms with van der Waals surface area (Å²) in [4.78, 5) is 22.1. The molecule has 0 radical (unpaired) electrons. The Labute approximate surface area is 196 Å². The van der Waals surface area contributed by atoms with Crippen LogP contribution in [0.25, 0.3) is 0 Å². The van der Waals surface area contributed by atoms with E-state index in [1.807, 2.05) is 47.5 Å². The highest BCUT2D eigenvalue weighted by molar-refractivity contribution is 5.94. The Kier molecular flexibility index (Phi) is 7.22. The third kappa shape index (κ3) is 6.33. The van der Waals surface area contributed by atoms with Crippen molar-refractivity contribution in [3.63, 3.8) is 0 Å². The van der Waals surface area contributed by atoms with Gasteiger partial charge in [0, 0.05) is 51.1 Å². The van der Waals surface area contributed by atoms with E-state index in [0.29, 0.717) is 12.5 Å². The lowest BCUT2D eigenvalue weighted by atomic mass is 10.1. The van der Waals surface area contributed by atoms with Gasteiger partial charge in [-0.05, 0) is 80.8 Å². The Morgan fingerprint density at radius 1 is 1.03 bits per heavy atom. The molecule has 3 aliphatic rings. The molecule has 176 valence electrons. The zero-order chi connectivity index (χ0) is 22.5. The van der Waals surface area contributed by atoms with Crippen LogP contribution < -0.4 is 4.74 Å². The fourth-order valence-electron chi connectivity index (χ4n) is 4.84. The fourth-order valence-corrected chi connectivity index (χ4v) is 4.84. The van der Waals surface area contributed by atoms with Crippen LogP contribution in [0.1, 0.15) is 54.6 Å². The van der Waals surface area contributed by atoms with Gasteiger partial charge in [0.05, 0.1) is 11.8 Å². The minimum atomic E-state index is 0.117. The number of carbonyl (C=O) groups excluding carboxylic acids is 1. The predicted octanol–water partition coefficient (Wildman–Crippen LogP) is 4.16. The summed E-state index contributed by atoms with van der Waals surface area (Å²) in [5.74, 6) is 1.64. The van der Waals surface area contributed by atoms with E-state index in [2.05, 4.69) is 16.0 Å². The smallest absolute Gasteiger partial charge is 0.253 e. The Morgan fingerprint density at radius 2 is 1.85 bits per heavy atom.